The number of aromatic nitrogens is 2. The van der Waals surface area contributed by atoms with Crippen LogP contribution in [0.3, 0.4) is 0 Å². The van der Waals surface area contributed by atoms with Gasteiger partial charge in [-0.3, -0.25) is 9.48 Å². The van der Waals surface area contributed by atoms with Crippen molar-refractivity contribution in [2.24, 2.45) is 12.2 Å². The Morgan fingerprint density at radius 1 is 1.40 bits per heavy atom. The van der Waals surface area contributed by atoms with Gasteiger partial charge in [0.1, 0.15) is 5.69 Å². The van der Waals surface area contributed by atoms with E-state index in [2.05, 4.69) is 10.4 Å². The van der Waals surface area contributed by atoms with Gasteiger partial charge < -0.3 is 5.32 Å². The third-order valence-electron chi connectivity index (χ3n) is 2.73. The third kappa shape index (κ3) is 3.22. The molecule has 0 aliphatic carbocycles. The lowest BCUT2D eigenvalue weighted by molar-refractivity contribution is 0.0941. The molecule has 1 heterocycles. The average Bonchev–Trinajstić information content (AvgIpc) is 2.82. The van der Waals surface area contributed by atoms with Crippen LogP contribution >= 0.6 is 0 Å². The van der Waals surface area contributed by atoms with Gasteiger partial charge in [0.25, 0.3) is 5.91 Å². The molecule has 1 amide bonds. The van der Waals surface area contributed by atoms with Crippen LogP contribution in [-0.4, -0.2) is 24.1 Å². The Kier molecular flexibility index (Phi) is 3.86. The van der Waals surface area contributed by atoms with Crippen molar-refractivity contribution in [3.05, 3.63) is 47.8 Å². The fourth-order valence-electron chi connectivity index (χ4n) is 1.70. The topological polar surface area (TPSA) is 107 Å². The highest BCUT2D eigenvalue weighted by atomic mass is 32.2. The number of carbonyl (C=O) groups is 1. The molecule has 1 aromatic heterocycles. The molecule has 0 unspecified atom stereocenters. The second-order valence-corrected chi connectivity index (χ2v) is 5.78. The number of sulfonamides is 1. The van der Waals surface area contributed by atoms with Crippen LogP contribution in [0.2, 0.25) is 0 Å². The Balaban J connectivity index is 2.09. The van der Waals surface area contributed by atoms with Crippen LogP contribution in [0.4, 0.5) is 0 Å². The number of primary sulfonamides is 1. The molecule has 0 radical (unpaired) electrons. The van der Waals surface area contributed by atoms with E-state index in [1.165, 1.54) is 23.0 Å². The van der Waals surface area contributed by atoms with Crippen LogP contribution in [0, 0.1) is 0 Å². The van der Waals surface area contributed by atoms with Gasteiger partial charge in [0.05, 0.1) is 4.90 Å². The van der Waals surface area contributed by atoms with E-state index in [4.69, 9.17) is 5.14 Å². The zero-order valence-electron chi connectivity index (χ0n) is 10.8. The van der Waals surface area contributed by atoms with Gasteiger partial charge >= 0.3 is 0 Å². The van der Waals surface area contributed by atoms with Crippen molar-refractivity contribution in [2.75, 3.05) is 0 Å². The highest BCUT2D eigenvalue weighted by Crippen LogP contribution is 2.09. The summed E-state index contributed by atoms with van der Waals surface area (Å²) < 4.78 is 23.9. The predicted octanol–water partition coefficient (Wildman–Crippen LogP) is -0.00250. The number of hydrogen-bond acceptors (Lipinski definition) is 4. The fourth-order valence-corrected chi connectivity index (χ4v) is 2.29. The van der Waals surface area contributed by atoms with Crippen molar-refractivity contribution in [2.45, 2.75) is 11.4 Å². The van der Waals surface area contributed by atoms with Gasteiger partial charge in [0.2, 0.25) is 10.0 Å². The van der Waals surface area contributed by atoms with E-state index >= 15 is 0 Å². The van der Waals surface area contributed by atoms with Crippen LogP contribution < -0.4 is 10.5 Å². The van der Waals surface area contributed by atoms with E-state index in [-0.39, 0.29) is 17.3 Å². The largest absolute Gasteiger partial charge is 0.347 e. The predicted molar refractivity (Wildman–Crippen MR) is 72.2 cm³/mol. The maximum atomic E-state index is 11.9. The number of carbonyl (C=O) groups excluding carboxylic acids is 1. The number of nitrogens with one attached hydrogen (secondary N) is 1. The van der Waals surface area contributed by atoms with Crippen molar-refractivity contribution < 1.29 is 13.2 Å². The molecule has 0 aliphatic rings. The maximum Gasteiger partial charge on any atom is 0.269 e. The quantitative estimate of drug-likeness (QED) is 0.827. The van der Waals surface area contributed by atoms with Gasteiger partial charge in [0.15, 0.2) is 0 Å². The number of nitrogens with zero attached hydrogens (tertiary/aromatic N) is 2. The smallest absolute Gasteiger partial charge is 0.269 e. The van der Waals surface area contributed by atoms with Crippen molar-refractivity contribution >= 4 is 15.9 Å². The molecule has 106 valence electrons. The van der Waals surface area contributed by atoms with Crippen molar-refractivity contribution in [1.82, 2.24) is 15.1 Å². The number of rotatable bonds is 4. The van der Waals surface area contributed by atoms with E-state index in [0.29, 0.717) is 11.3 Å². The second-order valence-electron chi connectivity index (χ2n) is 4.22. The number of amides is 1. The van der Waals surface area contributed by atoms with Crippen LogP contribution in [0.15, 0.2) is 41.4 Å². The number of nitrogens with two attached hydrogens (primary N) is 1. The van der Waals surface area contributed by atoms with Gasteiger partial charge in [-0.2, -0.15) is 5.10 Å². The summed E-state index contributed by atoms with van der Waals surface area (Å²) in [4.78, 5) is 11.9. The molecule has 20 heavy (non-hydrogen) atoms. The van der Waals surface area contributed by atoms with Gasteiger partial charge in [-0.1, -0.05) is 12.1 Å². The number of benzene rings is 1. The Hall–Kier alpha value is -2.19. The molecule has 0 fully saturated rings. The summed E-state index contributed by atoms with van der Waals surface area (Å²) in [6.07, 6.45) is 1.52. The highest BCUT2D eigenvalue weighted by Gasteiger charge is 2.11. The first-order valence-corrected chi connectivity index (χ1v) is 7.30. The monoisotopic (exact) mass is 294 g/mol. The summed E-state index contributed by atoms with van der Waals surface area (Å²) in [7, 11) is -2.08. The molecule has 0 saturated heterocycles. The number of aryl methyl sites for hydroxylation is 1. The summed E-state index contributed by atoms with van der Waals surface area (Å²) in [5.41, 5.74) is 1.07. The lowest BCUT2D eigenvalue weighted by Gasteiger charge is -2.06. The lowest BCUT2D eigenvalue weighted by atomic mass is 10.2. The first-order valence-electron chi connectivity index (χ1n) is 5.76. The molecule has 0 spiro atoms. The zero-order chi connectivity index (χ0) is 14.8. The minimum atomic E-state index is -3.74. The lowest BCUT2D eigenvalue weighted by Crippen LogP contribution is -2.25. The number of hydrogen-bond donors (Lipinski definition) is 2. The first-order chi connectivity index (χ1) is 9.38. The fraction of sp³-hybridized carbons (Fsp3) is 0.167. The Morgan fingerprint density at radius 3 is 2.75 bits per heavy atom. The third-order valence-corrected chi connectivity index (χ3v) is 3.64. The Morgan fingerprint density at radius 2 is 2.15 bits per heavy atom. The minimum Gasteiger partial charge on any atom is -0.347 e. The molecular weight excluding hydrogens is 280 g/mol. The van der Waals surface area contributed by atoms with Crippen molar-refractivity contribution in [3.8, 4) is 0 Å². The molecule has 2 aromatic rings. The molecule has 7 nitrogen and oxygen atoms in total. The SMILES string of the molecule is Cn1nccc1C(=O)NCc1cccc(S(N)(=O)=O)c1. The molecule has 0 aliphatic heterocycles. The van der Waals surface area contributed by atoms with Gasteiger partial charge in [0, 0.05) is 19.8 Å². The van der Waals surface area contributed by atoms with E-state index in [0.717, 1.165) is 0 Å². The normalized spacial score (nSPS) is 11.3. The zero-order valence-corrected chi connectivity index (χ0v) is 11.6. The van der Waals surface area contributed by atoms with Crippen LogP contribution in [0.5, 0.6) is 0 Å². The molecule has 0 saturated carbocycles. The second kappa shape index (κ2) is 5.43. The van der Waals surface area contributed by atoms with E-state index in [1.807, 2.05) is 0 Å². The Labute approximate surface area is 116 Å². The molecule has 8 heteroatoms. The van der Waals surface area contributed by atoms with Crippen LogP contribution in [-0.2, 0) is 23.6 Å². The maximum absolute atomic E-state index is 11.9. The van der Waals surface area contributed by atoms with E-state index in [9.17, 15) is 13.2 Å². The highest BCUT2D eigenvalue weighted by molar-refractivity contribution is 7.89. The van der Waals surface area contributed by atoms with E-state index in [1.54, 1.807) is 25.2 Å². The van der Waals surface area contributed by atoms with Gasteiger partial charge in [-0.05, 0) is 23.8 Å². The summed E-state index contributed by atoms with van der Waals surface area (Å²) >= 11 is 0. The first kappa shape index (κ1) is 14.2. The van der Waals surface area contributed by atoms with Crippen molar-refractivity contribution in [1.29, 1.82) is 0 Å². The molecule has 2 rings (SSSR count). The molecule has 0 atom stereocenters. The summed E-state index contributed by atoms with van der Waals surface area (Å²) in [6.45, 7) is 0.202. The molecule has 3 N–H and O–H groups in total. The molecule has 0 bridgehead atoms. The van der Waals surface area contributed by atoms with Gasteiger partial charge in [-0.25, -0.2) is 13.6 Å². The Bertz CT molecular complexity index is 737. The molecular formula is C12H14N4O3S. The van der Waals surface area contributed by atoms with Crippen molar-refractivity contribution in [3.63, 3.8) is 0 Å². The summed E-state index contributed by atoms with van der Waals surface area (Å²) in [6, 6.07) is 7.71. The van der Waals surface area contributed by atoms with Gasteiger partial charge in [-0.15, -0.1) is 0 Å². The van der Waals surface area contributed by atoms with Crippen LogP contribution in [0.25, 0.3) is 0 Å². The summed E-state index contributed by atoms with van der Waals surface area (Å²) in [5.74, 6) is -0.286. The summed E-state index contributed by atoms with van der Waals surface area (Å²) in [5, 5.41) is 11.6. The van der Waals surface area contributed by atoms with E-state index < -0.39 is 10.0 Å². The molecule has 1 aromatic carbocycles. The standard InChI is InChI=1S/C12H14N4O3S/c1-16-11(5-6-15-16)12(17)14-8-9-3-2-4-10(7-9)20(13,18)19/h2-7H,8H2,1H3,(H,14,17)(H2,13,18,19). The average molecular weight is 294 g/mol. The van der Waals surface area contributed by atoms with Crippen LogP contribution in [0.1, 0.15) is 16.1 Å². The minimum absolute atomic E-state index is 0.0183.